The minimum absolute atomic E-state index is 0.0345. The fourth-order valence-electron chi connectivity index (χ4n) is 3.08. The lowest BCUT2D eigenvalue weighted by Gasteiger charge is -2.14. The maximum absolute atomic E-state index is 13.0. The highest BCUT2D eigenvalue weighted by Crippen LogP contribution is 2.21. The predicted octanol–water partition coefficient (Wildman–Crippen LogP) is 3.12. The standard InChI is InChI=1S/C20H18N6O3S/c1-13-18(19(27)25(24(13)2)15-6-4-3-5-7-15)21-20-23-22-17(12-30-20)14-8-10-16(11-9-14)26(28)29/h3-11H,12H2,1-2H3,(H,21,23). The number of hydrogen-bond acceptors (Lipinski definition) is 6. The molecule has 4 rings (SSSR count). The molecule has 0 spiro atoms. The molecule has 0 radical (unpaired) electrons. The molecule has 0 fully saturated rings. The van der Waals surface area contributed by atoms with Gasteiger partial charge in [0.1, 0.15) is 0 Å². The molecule has 0 amide bonds. The molecule has 1 aliphatic rings. The number of nitro groups is 1. The molecule has 9 nitrogen and oxygen atoms in total. The van der Waals surface area contributed by atoms with Crippen LogP contribution in [0.3, 0.4) is 0 Å². The Kier molecular flexibility index (Phi) is 5.23. The van der Waals surface area contributed by atoms with Crippen molar-refractivity contribution in [3.8, 4) is 5.69 Å². The van der Waals surface area contributed by atoms with Gasteiger partial charge in [-0.1, -0.05) is 30.0 Å². The molecular formula is C20H18N6O3S. The number of nitro benzene ring substituents is 1. The van der Waals surface area contributed by atoms with Gasteiger partial charge in [-0.25, -0.2) is 9.67 Å². The summed E-state index contributed by atoms with van der Waals surface area (Å²) in [7, 11) is 1.82. The van der Waals surface area contributed by atoms with E-state index >= 15 is 0 Å². The van der Waals surface area contributed by atoms with Gasteiger partial charge in [0.15, 0.2) is 10.9 Å². The van der Waals surface area contributed by atoms with E-state index in [4.69, 9.17) is 0 Å². The first-order chi connectivity index (χ1) is 14.5. The Labute approximate surface area is 175 Å². The minimum Gasteiger partial charge on any atom is -0.283 e. The van der Waals surface area contributed by atoms with Crippen LogP contribution < -0.4 is 11.0 Å². The van der Waals surface area contributed by atoms with E-state index in [2.05, 4.69) is 15.5 Å². The molecule has 0 saturated heterocycles. The monoisotopic (exact) mass is 422 g/mol. The highest BCUT2D eigenvalue weighted by molar-refractivity contribution is 8.14. The van der Waals surface area contributed by atoms with Gasteiger partial charge < -0.3 is 0 Å². The molecule has 0 atom stereocenters. The summed E-state index contributed by atoms with van der Waals surface area (Å²) in [6, 6.07) is 15.6. The third-order valence-electron chi connectivity index (χ3n) is 4.78. The first-order valence-electron chi connectivity index (χ1n) is 9.08. The van der Waals surface area contributed by atoms with Gasteiger partial charge in [-0.05, 0) is 36.8 Å². The number of hydrogen-bond donors (Lipinski definition) is 1. The summed E-state index contributed by atoms with van der Waals surface area (Å²) in [6.45, 7) is 1.85. The summed E-state index contributed by atoms with van der Waals surface area (Å²) < 4.78 is 3.35. The molecule has 0 saturated carbocycles. The van der Waals surface area contributed by atoms with Crippen LogP contribution in [0.5, 0.6) is 0 Å². The van der Waals surface area contributed by atoms with Crippen LogP contribution in [0, 0.1) is 17.0 Å². The molecule has 0 aliphatic carbocycles. The van der Waals surface area contributed by atoms with Gasteiger partial charge in [0.2, 0.25) is 0 Å². The van der Waals surface area contributed by atoms with Gasteiger partial charge in [0.05, 0.1) is 22.0 Å². The largest absolute Gasteiger partial charge is 0.297 e. The van der Waals surface area contributed by atoms with E-state index in [0.717, 1.165) is 22.7 Å². The number of amidine groups is 1. The summed E-state index contributed by atoms with van der Waals surface area (Å²) >= 11 is 1.42. The van der Waals surface area contributed by atoms with Crippen molar-refractivity contribution in [3.05, 3.63) is 86.3 Å². The van der Waals surface area contributed by atoms with Crippen LogP contribution in [-0.2, 0) is 7.05 Å². The Hall–Kier alpha value is -3.66. The Morgan fingerprint density at radius 1 is 1.17 bits per heavy atom. The summed E-state index contributed by atoms with van der Waals surface area (Å²) in [5.74, 6) is 0.530. The van der Waals surface area contributed by atoms with Gasteiger partial charge in [0.25, 0.3) is 11.2 Å². The van der Waals surface area contributed by atoms with Crippen LogP contribution in [0.1, 0.15) is 11.3 Å². The second-order valence-corrected chi connectivity index (χ2v) is 7.55. The van der Waals surface area contributed by atoms with Crippen LogP contribution in [0.2, 0.25) is 0 Å². The molecule has 2 heterocycles. The molecular weight excluding hydrogens is 404 g/mol. The quantitative estimate of drug-likeness (QED) is 0.514. The molecule has 30 heavy (non-hydrogen) atoms. The maximum atomic E-state index is 13.0. The molecule has 10 heteroatoms. The third-order valence-corrected chi connectivity index (χ3v) is 5.65. The second kappa shape index (κ2) is 7.99. The van der Waals surface area contributed by atoms with Crippen molar-refractivity contribution in [2.24, 2.45) is 17.1 Å². The summed E-state index contributed by atoms with van der Waals surface area (Å²) in [6.07, 6.45) is 0. The number of thioether (sulfide) groups is 1. The smallest absolute Gasteiger partial charge is 0.283 e. The Morgan fingerprint density at radius 2 is 1.87 bits per heavy atom. The summed E-state index contributed by atoms with van der Waals surface area (Å²) in [5, 5.41) is 15.6. The highest BCUT2D eigenvalue weighted by Gasteiger charge is 2.19. The fraction of sp³-hybridized carbons (Fsp3) is 0.150. The minimum atomic E-state index is -0.436. The number of non-ortho nitro benzene ring substituents is 1. The van der Waals surface area contributed by atoms with E-state index in [1.165, 1.54) is 23.9 Å². The Morgan fingerprint density at radius 3 is 2.47 bits per heavy atom. The zero-order chi connectivity index (χ0) is 21.3. The van der Waals surface area contributed by atoms with Crippen molar-refractivity contribution in [2.45, 2.75) is 6.92 Å². The van der Waals surface area contributed by atoms with E-state index < -0.39 is 4.92 Å². The first-order valence-corrected chi connectivity index (χ1v) is 10.1. The third kappa shape index (κ3) is 3.64. The van der Waals surface area contributed by atoms with Gasteiger partial charge >= 0.3 is 0 Å². The van der Waals surface area contributed by atoms with Crippen LogP contribution in [0.4, 0.5) is 11.4 Å². The van der Waals surface area contributed by atoms with Crippen molar-refractivity contribution >= 4 is 34.0 Å². The lowest BCUT2D eigenvalue weighted by atomic mass is 10.1. The van der Waals surface area contributed by atoms with E-state index in [-0.39, 0.29) is 11.2 Å². The molecule has 3 aromatic rings. The van der Waals surface area contributed by atoms with Crippen molar-refractivity contribution in [2.75, 3.05) is 5.75 Å². The van der Waals surface area contributed by atoms with Crippen molar-refractivity contribution in [3.63, 3.8) is 0 Å². The molecule has 0 unspecified atom stereocenters. The molecule has 1 N–H and O–H groups in total. The second-order valence-electron chi connectivity index (χ2n) is 6.59. The average molecular weight is 422 g/mol. The van der Waals surface area contributed by atoms with Crippen molar-refractivity contribution in [1.82, 2.24) is 14.8 Å². The van der Waals surface area contributed by atoms with Crippen molar-refractivity contribution in [1.29, 1.82) is 0 Å². The van der Waals surface area contributed by atoms with Crippen molar-refractivity contribution < 1.29 is 4.92 Å². The average Bonchev–Trinajstić information content (AvgIpc) is 2.98. The first kappa shape index (κ1) is 19.6. The van der Waals surface area contributed by atoms with Gasteiger partial charge in [0, 0.05) is 24.9 Å². The lowest BCUT2D eigenvalue weighted by Crippen LogP contribution is -2.25. The van der Waals surface area contributed by atoms with E-state index in [0.29, 0.717) is 16.6 Å². The number of benzene rings is 2. The highest BCUT2D eigenvalue weighted by atomic mass is 32.2. The lowest BCUT2D eigenvalue weighted by molar-refractivity contribution is -0.384. The number of rotatable bonds is 4. The maximum Gasteiger partial charge on any atom is 0.297 e. The molecule has 2 aromatic carbocycles. The Bertz CT molecular complexity index is 1230. The van der Waals surface area contributed by atoms with Gasteiger partial charge in [-0.2, -0.15) is 5.10 Å². The van der Waals surface area contributed by atoms with Crippen LogP contribution in [0.25, 0.3) is 5.69 Å². The molecule has 0 bridgehead atoms. The molecule has 1 aliphatic heterocycles. The topological polar surface area (TPSA) is 107 Å². The van der Waals surface area contributed by atoms with E-state index in [1.54, 1.807) is 21.5 Å². The van der Waals surface area contributed by atoms with Crippen LogP contribution in [-0.4, -0.2) is 30.9 Å². The number of nitrogens with one attached hydrogen (secondary N) is 1. The number of nitrogens with zero attached hydrogens (tertiary/aromatic N) is 5. The summed E-state index contributed by atoms with van der Waals surface area (Å²) in [4.78, 5) is 27.8. The van der Waals surface area contributed by atoms with Gasteiger partial charge in [-0.3, -0.25) is 25.0 Å². The number of aliphatic imine (C=N–C) groups is 1. The van der Waals surface area contributed by atoms with Gasteiger partial charge in [-0.15, -0.1) is 0 Å². The zero-order valence-corrected chi connectivity index (χ0v) is 17.1. The molecule has 1 aromatic heterocycles. The number of para-hydroxylation sites is 1. The van der Waals surface area contributed by atoms with Crippen LogP contribution in [0.15, 0.2) is 69.5 Å². The zero-order valence-electron chi connectivity index (χ0n) is 16.3. The number of hydrazone groups is 1. The van der Waals surface area contributed by atoms with Crippen LogP contribution >= 0.6 is 11.8 Å². The van der Waals surface area contributed by atoms with E-state index in [1.807, 2.05) is 44.3 Å². The van der Waals surface area contributed by atoms with E-state index in [9.17, 15) is 14.9 Å². The predicted molar refractivity (Wildman–Crippen MR) is 118 cm³/mol. The summed E-state index contributed by atoms with van der Waals surface area (Å²) in [5.41, 5.74) is 6.12. The fourth-order valence-corrected chi connectivity index (χ4v) is 3.85. The Balaban J connectivity index is 1.60. The molecule has 152 valence electrons. The normalized spacial score (nSPS) is 15.0. The SMILES string of the molecule is Cc1c(N=C2NN=C(c3ccc([N+](=O)[O-])cc3)CS2)c(=O)n(-c2ccccc2)n1C. The number of aromatic nitrogens is 2.